The third-order valence-corrected chi connectivity index (χ3v) is 2.46. The van der Waals surface area contributed by atoms with E-state index in [1.807, 2.05) is 13.8 Å². The summed E-state index contributed by atoms with van der Waals surface area (Å²) in [5.74, 6) is 0.147. The Morgan fingerprint density at radius 1 is 1.44 bits per heavy atom. The average Bonchev–Trinajstić information content (AvgIpc) is 2.66. The fourth-order valence-corrected chi connectivity index (χ4v) is 1.41. The van der Waals surface area contributed by atoms with Gasteiger partial charge in [0.15, 0.2) is 0 Å². The molecule has 0 aliphatic rings. The van der Waals surface area contributed by atoms with Crippen molar-refractivity contribution in [1.29, 1.82) is 0 Å². The summed E-state index contributed by atoms with van der Waals surface area (Å²) in [6.45, 7) is 8.83. The molecule has 1 aromatic rings. The predicted octanol–water partition coefficient (Wildman–Crippen LogP) is 3.67. The highest BCUT2D eigenvalue weighted by Crippen LogP contribution is 2.15. The molecular weight excluding hydrogens is 250 g/mol. The molecule has 18 heavy (non-hydrogen) atoms. The number of allylic oxidation sites excluding steroid dienone is 6. The lowest BCUT2D eigenvalue weighted by Gasteiger charge is -2.01. The number of halogens is 1. The first kappa shape index (κ1) is 14.3. The molecule has 4 nitrogen and oxygen atoms in total. The Kier molecular flexibility index (Phi) is 4.92. The highest BCUT2D eigenvalue weighted by molar-refractivity contribution is 6.33. The van der Waals surface area contributed by atoms with Gasteiger partial charge in [-0.25, -0.2) is 0 Å². The first-order valence-corrected chi connectivity index (χ1v) is 5.84. The molecule has 0 radical (unpaired) electrons. The molecule has 1 rings (SSSR count). The van der Waals surface area contributed by atoms with Crippen LogP contribution >= 0.6 is 11.6 Å². The van der Waals surface area contributed by atoms with Crippen LogP contribution in [0.25, 0.3) is 11.8 Å². The summed E-state index contributed by atoms with van der Waals surface area (Å²) in [6.07, 6.45) is 6.74. The van der Waals surface area contributed by atoms with E-state index in [-0.39, 0.29) is 5.76 Å². The second-order valence-electron chi connectivity index (χ2n) is 3.66. The third kappa shape index (κ3) is 3.34. The van der Waals surface area contributed by atoms with Crippen LogP contribution < -0.4 is 0 Å². The minimum atomic E-state index is 0.147. The van der Waals surface area contributed by atoms with Crippen LogP contribution in [0.2, 0.25) is 0 Å². The highest BCUT2D eigenvalue weighted by Gasteiger charge is 2.09. The van der Waals surface area contributed by atoms with Crippen LogP contribution in [0, 0.1) is 6.92 Å². The van der Waals surface area contributed by atoms with Gasteiger partial charge in [0.1, 0.15) is 17.2 Å². The van der Waals surface area contributed by atoms with Crippen LogP contribution in [0.1, 0.15) is 25.2 Å². The summed E-state index contributed by atoms with van der Waals surface area (Å²) in [5.41, 5.74) is 1.89. The van der Waals surface area contributed by atoms with Gasteiger partial charge in [-0.2, -0.15) is 5.10 Å². The van der Waals surface area contributed by atoms with Crippen molar-refractivity contribution in [3.63, 3.8) is 0 Å². The van der Waals surface area contributed by atoms with Crippen molar-refractivity contribution in [2.45, 2.75) is 20.8 Å². The van der Waals surface area contributed by atoms with Crippen molar-refractivity contribution in [3.8, 4) is 0 Å². The van der Waals surface area contributed by atoms with Crippen LogP contribution in [0.5, 0.6) is 0 Å². The standard InChI is InChI=1S/C13H16ClN3O/c1-5-7-13(10(4)18)17-15-9(3)12(16-17)8-11(14)6-2/h5-8,18H,2H2,1,3-4H3/b7-5-,11-8+,13-10-. The lowest BCUT2D eigenvalue weighted by Crippen LogP contribution is -2.02. The number of hydrogen-bond acceptors (Lipinski definition) is 3. The molecule has 0 saturated carbocycles. The molecule has 0 aliphatic heterocycles. The molecule has 0 bridgehead atoms. The van der Waals surface area contributed by atoms with Gasteiger partial charge in [-0.1, -0.05) is 30.3 Å². The van der Waals surface area contributed by atoms with Gasteiger partial charge in [0.05, 0.1) is 5.69 Å². The zero-order chi connectivity index (χ0) is 13.7. The maximum atomic E-state index is 9.59. The number of aliphatic hydroxyl groups excluding tert-OH is 1. The fraction of sp³-hybridized carbons (Fsp3) is 0.231. The van der Waals surface area contributed by atoms with E-state index in [9.17, 15) is 5.11 Å². The first-order chi connectivity index (χ1) is 8.49. The maximum Gasteiger partial charge on any atom is 0.122 e. The summed E-state index contributed by atoms with van der Waals surface area (Å²) in [7, 11) is 0. The van der Waals surface area contributed by atoms with Gasteiger partial charge in [0.25, 0.3) is 0 Å². The van der Waals surface area contributed by atoms with Gasteiger partial charge < -0.3 is 5.11 Å². The van der Waals surface area contributed by atoms with Crippen molar-refractivity contribution in [1.82, 2.24) is 15.0 Å². The molecule has 96 valence electrons. The Labute approximate surface area is 112 Å². The fourth-order valence-electron chi connectivity index (χ4n) is 1.31. The first-order valence-electron chi connectivity index (χ1n) is 5.46. The minimum absolute atomic E-state index is 0.147. The van der Waals surface area contributed by atoms with Gasteiger partial charge in [-0.05, 0) is 32.9 Å². The molecular formula is C13H16ClN3O. The quantitative estimate of drug-likeness (QED) is 0.667. The zero-order valence-corrected chi connectivity index (χ0v) is 11.4. The van der Waals surface area contributed by atoms with Crippen molar-refractivity contribution in [3.05, 3.63) is 47.0 Å². The van der Waals surface area contributed by atoms with E-state index in [2.05, 4.69) is 16.8 Å². The molecule has 0 amide bonds. The smallest absolute Gasteiger partial charge is 0.122 e. The van der Waals surface area contributed by atoms with E-state index < -0.39 is 0 Å². The van der Waals surface area contributed by atoms with E-state index in [4.69, 9.17) is 11.6 Å². The molecule has 0 atom stereocenters. The summed E-state index contributed by atoms with van der Waals surface area (Å²) in [5, 5.41) is 18.6. The molecule has 0 aromatic carbocycles. The van der Waals surface area contributed by atoms with Crippen molar-refractivity contribution >= 4 is 23.4 Å². The van der Waals surface area contributed by atoms with Gasteiger partial charge in [0.2, 0.25) is 0 Å². The lowest BCUT2D eigenvalue weighted by atomic mass is 10.3. The highest BCUT2D eigenvalue weighted by atomic mass is 35.5. The van der Waals surface area contributed by atoms with E-state index in [1.54, 1.807) is 25.2 Å². The van der Waals surface area contributed by atoms with Crippen LogP contribution in [-0.2, 0) is 0 Å². The Morgan fingerprint density at radius 3 is 2.61 bits per heavy atom. The molecule has 1 N–H and O–H groups in total. The largest absolute Gasteiger partial charge is 0.510 e. The molecule has 1 aromatic heterocycles. The number of aliphatic hydroxyl groups is 1. The van der Waals surface area contributed by atoms with Gasteiger partial charge in [-0.15, -0.1) is 9.90 Å². The number of aromatic nitrogens is 3. The second kappa shape index (κ2) is 6.21. The van der Waals surface area contributed by atoms with E-state index in [0.29, 0.717) is 16.4 Å². The molecule has 0 unspecified atom stereocenters. The summed E-state index contributed by atoms with van der Waals surface area (Å²) >= 11 is 5.87. The monoisotopic (exact) mass is 265 g/mol. The van der Waals surface area contributed by atoms with Gasteiger partial charge in [0, 0.05) is 5.03 Å². The molecule has 0 fully saturated rings. The maximum absolute atomic E-state index is 9.59. The Bertz CT molecular complexity index is 534. The second-order valence-corrected chi connectivity index (χ2v) is 4.10. The molecule has 1 heterocycles. The van der Waals surface area contributed by atoms with E-state index >= 15 is 0 Å². The summed E-state index contributed by atoms with van der Waals surface area (Å²) < 4.78 is 0. The van der Waals surface area contributed by atoms with E-state index in [0.717, 1.165) is 5.69 Å². The molecule has 0 aliphatic carbocycles. The SMILES string of the molecule is C=C/C(Cl)=C\c1nn(C(/C=C\C)=C(/C)O)nc1C. The van der Waals surface area contributed by atoms with Crippen molar-refractivity contribution in [2.75, 3.05) is 0 Å². The Morgan fingerprint density at radius 2 is 2.11 bits per heavy atom. The average molecular weight is 266 g/mol. The number of hydrogen-bond donors (Lipinski definition) is 1. The normalized spacial score (nSPS) is 13.9. The number of aryl methyl sites for hydroxylation is 1. The molecule has 0 spiro atoms. The molecule has 0 saturated heterocycles. The number of rotatable bonds is 4. The van der Waals surface area contributed by atoms with Gasteiger partial charge in [-0.3, -0.25) is 0 Å². The summed E-state index contributed by atoms with van der Waals surface area (Å²) in [6, 6.07) is 0. The van der Waals surface area contributed by atoms with Crippen molar-refractivity contribution in [2.24, 2.45) is 0 Å². The van der Waals surface area contributed by atoms with Crippen LogP contribution in [0.4, 0.5) is 0 Å². The van der Waals surface area contributed by atoms with E-state index in [1.165, 1.54) is 10.9 Å². The summed E-state index contributed by atoms with van der Waals surface area (Å²) in [4.78, 5) is 1.38. The van der Waals surface area contributed by atoms with Gasteiger partial charge >= 0.3 is 0 Å². The lowest BCUT2D eigenvalue weighted by molar-refractivity contribution is 0.412. The Balaban J connectivity index is 3.26. The molecule has 5 heteroatoms. The predicted molar refractivity (Wildman–Crippen MR) is 75.1 cm³/mol. The van der Waals surface area contributed by atoms with Crippen LogP contribution in [0.15, 0.2) is 35.6 Å². The minimum Gasteiger partial charge on any atom is -0.510 e. The third-order valence-electron chi connectivity index (χ3n) is 2.20. The van der Waals surface area contributed by atoms with Crippen LogP contribution in [-0.4, -0.2) is 20.1 Å². The Hall–Kier alpha value is -1.81. The zero-order valence-electron chi connectivity index (χ0n) is 10.7. The van der Waals surface area contributed by atoms with Crippen LogP contribution in [0.3, 0.4) is 0 Å². The van der Waals surface area contributed by atoms with Crippen molar-refractivity contribution < 1.29 is 5.11 Å². The topological polar surface area (TPSA) is 50.9 Å². The number of nitrogens with zero attached hydrogens (tertiary/aromatic N) is 3.